The summed E-state index contributed by atoms with van der Waals surface area (Å²) >= 11 is 1.48. The lowest BCUT2D eigenvalue weighted by atomic mass is 10.1. The summed E-state index contributed by atoms with van der Waals surface area (Å²) in [6, 6.07) is 7.05. The van der Waals surface area contributed by atoms with Crippen molar-refractivity contribution >= 4 is 34.2 Å². The van der Waals surface area contributed by atoms with E-state index in [2.05, 4.69) is 4.98 Å². The predicted molar refractivity (Wildman–Crippen MR) is 92.7 cm³/mol. The highest BCUT2D eigenvalue weighted by atomic mass is 32.1. The molecule has 6 heteroatoms. The minimum Gasteiger partial charge on any atom is -0.510 e. The van der Waals surface area contributed by atoms with E-state index >= 15 is 0 Å². The second-order valence-corrected chi connectivity index (χ2v) is 6.72. The fourth-order valence-corrected chi connectivity index (χ4v) is 3.46. The van der Waals surface area contributed by atoms with Gasteiger partial charge in [-0.3, -0.25) is 10.2 Å². The second-order valence-electron chi connectivity index (χ2n) is 5.52. The highest BCUT2D eigenvalue weighted by Crippen LogP contribution is 2.33. The third kappa shape index (κ3) is 2.66. The number of ketones is 1. The number of nitrogens with one attached hydrogen (secondary N) is 1. The molecule has 1 aliphatic heterocycles. The number of hydrogen-bond acceptors (Lipinski definition) is 5. The molecule has 0 fully saturated rings. The Hall–Kier alpha value is -2.47. The average Bonchev–Trinajstić information content (AvgIpc) is 2.98. The van der Waals surface area contributed by atoms with Gasteiger partial charge in [-0.25, -0.2) is 4.98 Å². The largest absolute Gasteiger partial charge is 0.510 e. The van der Waals surface area contributed by atoms with Crippen molar-refractivity contribution in [2.75, 3.05) is 11.4 Å². The maximum atomic E-state index is 11.4. The molecule has 0 unspecified atom stereocenters. The first-order chi connectivity index (χ1) is 10.9. The average molecular weight is 327 g/mol. The van der Waals surface area contributed by atoms with Crippen molar-refractivity contribution in [2.24, 2.45) is 0 Å². The molecule has 23 heavy (non-hydrogen) atoms. The minimum absolute atomic E-state index is 0.00319. The zero-order valence-electron chi connectivity index (χ0n) is 13.2. The van der Waals surface area contributed by atoms with Gasteiger partial charge in [-0.1, -0.05) is 0 Å². The number of nitrogens with zero attached hydrogens (tertiary/aromatic N) is 2. The molecule has 0 bridgehead atoms. The number of Topliss-reactive ketones (excluding diaryl/α,β-unsaturated/α-hetero) is 1. The number of benzene rings is 1. The van der Waals surface area contributed by atoms with E-state index in [1.807, 2.05) is 13.8 Å². The topological polar surface area (TPSA) is 77.3 Å². The molecule has 0 radical (unpaired) electrons. The number of aryl methyl sites for hydroxylation is 2. The van der Waals surface area contributed by atoms with Crippen molar-refractivity contribution in [3.8, 4) is 0 Å². The number of carbonyl (C=O) groups is 1. The molecule has 3 rings (SSSR count). The Morgan fingerprint density at radius 3 is 2.48 bits per heavy atom. The van der Waals surface area contributed by atoms with Gasteiger partial charge in [0, 0.05) is 16.1 Å². The van der Waals surface area contributed by atoms with Gasteiger partial charge in [0.2, 0.25) is 0 Å². The quantitative estimate of drug-likeness (QED) is 0.842. The summed E-state index contributed by atoms with van der Waals surface area (Å²) in [4.78, 5) is 18.6. The summed E-state index contributed by atoms with van der Waals surface area (Å²) in [6.07, 6.45) is 0. The van der Waals surface area contributed by atoms with Crippen LogP contribution in [0.1, 0.15) is 32.9 Å². The van der Waals surface area contributed by atoms with Gasteiger partial charge in [0.1, 0.15) is 16.6 Å². The van der Waals surface area contributed by atoms with Crippen LogP contribution < -0.4 is 4.90 Å². The van der Waals surface area contributed by atoms with E-state index in [4.69, 9.17) is 5.41 Å². The van der Waals surface area contributed by atoms with Crippen molar-refractivity contribution in [1.82, 2.24) is 4.98 Å². The number of amidine groups is 1. The van der Waals surface area contributed by atoms with Gasteiger partial charge in [-0.15, -0.1) is 11.3 Å². The first kappa shape index (κ1) is 15.4. The van der Waals surface area contributed by atoms with E-state index in [0.29, 0.717) is 16.1 Å². The molecular formula is C17H17N3O2S. The molecule has 0 aliphatic carbocycles. The van der Waals surface area contributed by atoms with Crippen molar-refractivity contribution in [3.05, 3.63) is 51.2 Å². The molecule has 1 aromatic carbocycles. The van der Waals surface area contributed by atoms with Gasteiger partial charge < -0.3 is 10.0 Å². The molecule has 0 saturated heterocycles. The van der Waals surface area contributed by atoms with Gasteiger partial charge in [0.15, 0.2) is 5.78 Å². The van der Waals surface area contributed by atoms with Crippen LogP contribution in [0.5, 0.6) is 0 Å². The Balaban J connectivity index is 1.91. The lowest BCUT2D eigenvalue weighted by Crippen LogP contribution is -2.26. The summed E-state index contributed by atoms with van der Waals surface area (Å²) in [5.41, 5.74) is 2.80. The highest BCUT2D eigenvalue weighted by molar-refractivity contribution is 7.13. The number of carbonyl (C=O) groups excluding carboxylic acids is 1. The number of aliphatic hydroxyl groups excluding tert-OH is 1. The van der Waals surface area contributed by atoms with Gasteiger partial charge in [0.25, 0.3) is 0 Å². The number of aromatic nitrogens is 1. The Morgan fingerprint density at radius 1 is 1.30 bits per heavy atom. The third-order valence-corrected chi connectivity index (χ3v) is 5.02. The first-order valence-electron chi connectivity index (χ1n) is 7.22. The molecule has 0 atom stereocenters. The SMILES string of the molecule is CC(=O)c1ccc(N2CC(O)=C(c3nc(C)c(C)s3)C2=N)cc1. The van der Waals surface area contributed by atoms with Crippen LogP contribution in [0.25, 0.3) is 5.57 Å². The number of thiazole rings is 1. The Morgan fingerprint density at radius 2 is 1.96 bits per heavy atom. The van der Waals surface area contributed by atoms with E-state index in [1.165, 1.54) is 18.3 Å². The van der Waals surface area contributed by atoms with Crippen LogP contribution in [-0.2, 0) is 0 Å². The van der Waals surface area contributed by atoms with Crippen molar-refractivity contribution in [1.29, 1.82) is 5.41 Å². The Labute approximate surface area is 138 Å². The van der Waals surface area contributed by atoms with Crippen LogP contribution in [0.4, 0.5) is 5.69 Å². The molecule has 0 spiro atoms. The summed E-state index contributed by atoms with van der Waals surface area (Å²) in [5, 5.41) is 19.4. The predicted octanol–water partition coefficient (Wildman–Crippen LogP) is 3.73. The maximum Gasteiger partial charge on any atom is 0.159 e. The highest BCUT2D eigenvalue weighted by Gasteiger charge is 2.31. The summed E-state index contributed by atoms with van der Waals surface area (Å²) in [6.45, 7) is 5.66. The molecular weight excluding hydrogens is 310 g/mol. The van der Waals surface area contributed by atoms with Crippen molar-refractivity contribution in [2.45, 2.75) is 20.8 Å². The molecule has 1 aromatic heterocycles. The van der Waals surface area contributed by atoms with Crippen molar-refractivity contribution < 1.29 is 9.90 Å². The number of anilines is 1. The van der Waals surface area contributed by atoms with E-state index in [0.717, 1.165) is 16.3 Å². The monoisotopic (exact) mass is 327 g/mol. The minimum atomic E-state index is 0.00319. The fraction of sp³-hybridized carbons (Fsp3) is 0.235. The second kappa shape index (κ2) is 5.62. The summed E-state index contributed by atoms with van der Waals surface area (Å²) < 4.78 is 0. The maximum absolute atomic E-state index is 11.4. The van der Waals surface area contributed by atoms with Gasteiger partial charge >= 0.3 is 0 Å². The lowest BCUT2D eigenvalue weighted by Gasteiger charge is -2.18. The molecule has 0 saturated carbocycles. The Kier molecular flexibility index (Phi) is 3.77. The van der Waals surface area contributed by atoms with E-state index in [9.17, 15) is 9.90 Å². The fourth-order valence-electron chi connectivity index (χ4n) is 2.48. The van der Waals surface area contributed by atoms with Crippen LogP contribution in [0.15, 0.2) is 30.0 Å². The smallest absolute Gasteiger partial charge is 0.159 e. The van der Waals surface area contributed by atoms with Crippen LogP contribution in [-0.4, -0.2) is 28.3 Å². The van der Waals surface area contributed by atoms with Crippen LogP contribution in [0.2, 0.25) is 0 Å². The first-order valence-corrected chi connectivity index (χ1v) is 8.04. The zero-order chi connectivity index (χ0) is 16.7. The molecule has 0 amide bonds. The summed E-state index contributed by atoms with van der Waals surface area (Å²) in [7, 11) is 0. The Bertz CT molecular complexity index is 815. The van der Waals surface area contributed by atoms with Gasteiger partial charge in [-0.2, -0.15) is 0 Å². The van der Waals surface area contributed by atoms with Gasteiger partial charge in [-0.05, 0) is 45.0 Å². The molecule has 2 N–H and O–H groups in total. The lowest BCUT2D eigenvalue weighted by molar-refractivity contribution is 0.101. The van der Waals surface area contributed by atoms with Crippen LogP contribution in [0, 0.1) is 19.3 Å². The van der Waals surface area contributed by atoms with Crippen LogP contribution in [0.3, 0.4) is 0 Å². The zero-order valence-corrected chi connectivity index (χ0v) is 14.0. The van der Waals surface area contributed by atoms with Crippen LogP contribution >= 0.6 is 11.3 Å². The number of aliphatic hydroxyl groups is 1. The number of hydrogen-bond donors (Lipinski definition) is 2. The molecule has 5 nitrogen and oxygen atoms in total. The summed E-state index contributed by atoms with van der Waals surface area (Å²) in [5.74, 6) is 0.384. The third-order valence-electron chi connectivity index (χ3n) is 3.93. The standard InChI is InChI=1S/C17H17N3O2S/c1-9-11(3)23-17(19-9)15-14(22)8-20(16(15)18)13-6-4-12(5-7-13)10(2)21/h4-7,18,22H,8H2,1-3H3. The van der Waals surface area contributed by atoms with Gasteiger partial charge in [0.05, 0.1) is 17.8 Å². The number of rotatable bonds is 3. The molecule has 2 heterocycles. The molecule has 118 valence electrons. The normalized spacial score (nSPS) is 14.7. The van der Waals surface area contributed by atoms with E-state index in [1.54, 1.807) is 29.2 Å². The van der Waals surface area contributed by atoms with E-state index in [-0.39, 0.29) is 23.9 Å². The van der Waals surface area contributed by atoms with Crippen molar-refractivity contribution in [3.63, 3.8) is 0 Å². The molecule has 1 aliphatic rings. The van der Waals surface area contributed by atoms with E-state index < -0.39 is 0 Å². The molecule has 2 aromatic rings.